The Balaban J connectivity index is 1.42. The van der Waals surface area contributed by atoms with Gasteiger partial charge in [-0.05, 0) is 63.5 Å². The first kappa shape index (κ1) is 23.2. The molecule has 0 bridgehead atoms. The van der Waals surface area contributed by atoms with E-state index in [1.165, 1.54) is 19.4 Å². The number of aryl methyl sites for hydroxylation is 2. The number of likely N-dealkylation sites (tertiary alicyclic amines) is 1. The molecule has 8 heteroatoms. The van der Waals surface area contributed by atoms with E-state index >= 15 is 0 Å². The molecule has 0 spiro atoms. The lowest BCUT2D eigenvalue weighted by atomic mass is 9.82. The molecule has 3 heterocycles. The van der Waals surface area contributed by atoms with Crippen LogP contribution in [0, 0.1) is 0 Å². The monoisotopic (exact) mass is 430 g/mol. The van der Waals surface area contributed by atoms with Crippen molar-refractivity contribution in [2.24, 2.45) is 0 Å². The zero-order valence-corrected chi connectivity index (χ0v) is 18.6. The number of pyridine rings is 1. The Labute approximate surface area is 183 Å². The van der Waals surface area contributed by atoms with Crippen molar-refractivity contribution in [3.05, 3.63) is 23.4 Å². The normalized spacial score (nSPS) is 18.5. The van der Waals surface area contributed by atoms with Gasteiger partial charge < -0.3 is 20.6 Å². The van der Waals surface area contributed by atoms with E-state index < -0.39 is 11.6 Å². The number of carbonyl (C=O) groups excluding carboxylic acids is 3. The maximum Gasteiger partial charge on any atom is 0.222 e. The highest BCUT2D eigenvalue weighted by atomic mass is 16.3. The number of Topliss-reactive ketones (excluding diaryl/α,β-unsaturated/α-hetero) is 1. The number of nitrogens with one attached hydrogen (secondary N) is 2. The number of unbranched alkanes of at least 4 members (excludes halogenated alkanes) is 1. The van der Waals surface area contributed by atoms with Crippen LogP contribution in [0.5, 0.6) is 0 Å². The number of fused-ring (bicyclic) bond motifs is 1. The van der Waals surface area contributed by atoms with Crippen LogP contribution < -0.4 is 10.6 Å². The summed E-state index contributed by atoms with van der Waals surface area (Å²) in [5.41, 5.74) is 1.03. The fourth-order valence-electron chi connectivity index (χ4n) is 4.50. The van der Waals surface area contributed by atoms with Gasteiger partial charge in [0.25, 0.3) is 0 Å². The van der Waals surface area contributed by atoms with Crippen molar-refractivity contribution in [3.8, 4) is 0 Å². The van der Waals surface area contributed by atoms with Crippen LogP contribution in [0.15, 0.2) is 12.1 Å². The van der Waals surface area contributed by atoms with Gasteiger partial charge in [-0.15, -0.1) is 0 Å². The van der Waals surface area contributed by atoms with E-state index in [-0.39, 0.29) is 30.4 Å². The van der Waals surface area contributed by atoms with Gasteiger partial charge in [-0.1, -0.05) is 6.07 Å². The molecule has 1 saturated heterocycles. The van der Waals surface area contributed by atoms with Crippen LogP contribution in [-0.4, -0.2) is 63.9 Å². The van der Waals surface area contributed by atoms with E-state index in [0.29, 0.717) is 19.5 Å². The number of aliphatic hydroxyl groups is 1. The first-order chi connectivity index (χ1) is 14.8. The minimum atomic E-state index is -1.31. The molecule has 0 aromatic carbocycles. The predicted molar refractivity (Wildman–Crippen MR) is 118 cm³/mol. The summed E-state index contributed by atoms with van der Waals surface area (Å²) in [7, 11) is 0. The first-order valence-corrected chi connectivity index (χ1v) is 11.3. The predicted octanol–water partition coefficient (Wildman–Crippen LogP) is 1.60. The largest absolute Gasteiger partial charge is 0.387 e. The van der Waals surface area contributed by atoms with Gasteiger partial charge in [-0.2, -0.15) is 0 Å². The van der Waals surface area contributed by atoms with Gasteiger partial charge >= 0.3 is 0 Å². The quantitative estimate of drug-likeness (QED) is 0.540. The highest BCUT2D eigenvalue weighted by Crippen LogP contribution is 2.27. The Hall–Kier alpha value is -2.48. The summed E-state index contributed by atoms with van der Waals surface area (Å²) < 4.78 is 0. The van der Waals surface area contributed by atoms with Gasteiger partial charge in [-0.25, -0.2) is 4.98 Å². The number of rotatable bonds is 8. The molecule has 0 radical (unpaired) electrons. The molecule has 1 aromatic rings. The van der Waals surface area contributed by atoms with E-state index in [1.807, 2.05) is 0 Å². The minimum absolute atomic E-state index is 0.0704. The summed E-state index contributed by atoms with van der Waals surface area (Å²) in [5, 5.41) is 16.8. The van der Waals surface area contributed by atoms with E-state index in [9.17, 15) is 19.5 Å². The fourth-order valence-corrected chi connectivity index (χ4v) is 4.50. The van der Waals surface area contributed by atoms with Crippen molar-refractivity contribution in [2.45, 2.75) is 76.9 Å². The molecule has 3 N–H and O–H groups in total. The smallest absolute Gasteiger partial charge is 0.222 e. The molecule has 3 rings (SSSR count). The second-order valence-electron chi connectivity index (χ2n) is 8.78. The standard InChI is InChI=1S/C23H34N4O4/c1-16(28)21(25-17(2)29)23(31)11-14-27(15-12-23)20(30)8-4-3-7-19-10-9-18-6-5-13-24-22(18)26-19/h9-10,21,31H,3-8,11-15H2,1-2H3,(H,24,26)(H,25,29). The third-order valence-corrected chi connectivity index (χ3v) is 6.30. The topological polar surface area (TPSA) is 112 Å². The van der Waals surface area contributed by atoms with Crippen molar-refractivity contribution in [3.63, 3.8) is 0 Å². The number of carbonyl (C=O) groups is 3. The highest BCUT2D eigenvalue weighted by molar-refractivity contribution is 5.88. The molecule has 2 aliphatic rings. The number of ketones is 1. The van der Waals surface area contributed by atoms with Crippen LogP contribution >= 0.6 is 0 Å². The molecule has 1 atom stereocenters. The SMILES string of the molecule is CC(=O)NC(C(C)=O)C1(O)CCN(C(=O)CCCCc2ccc3c(n2)NCCC3)CC1. The number of nitrogens with zero attached hydrogens (tertiary/aromatic N) is 2. The van der Waals surface area contributed by atoms with Gasteiger partial charge in [0.05, 0.1) is 5.60 Å². The lowest BCUT2D eigenvalue weighted by Gasteiger charge is -2.42. The van der Waals surface area contributed by atoms with Gasteiger partial charge in [0.15, 0.2) is 5.78 Å². The molecular weight excluding hydrogens is 396 g/mol. The van der Waals surface area contributed by atoms with Gasteiger partial charge in [0.2, 0.25) is 11.8 Å². The average Bonchev–Trinajstić information content (AvgIpc) is 2.75. The third-order valence-electron chi connectivity index (χ3n) is 6.30. The number of aromatic nitrogens is 1. The lowest BCUT2D eigenvalue weighted by molar-refractivity contribution is -0.142. The highest BCUT2D eigenvalue weighted by Gasteiger charge is 2.43. The molecule has 0 aliphatic carbocycles. The maximum absolute atomic E-state index is 12.6. The van der Waals surface area contributed by atoms with Crippen molar-refractivity contribution in [1.29, 1.82) is 0 Å². The van der Waals surface area contributed by atoms with Crippen LogP contribution in [0.25, 0.3) is 0 Å². The summed E-state index contributed by atoms with van der Waals surface area (Å²) in [6.07, 6.45) is 5.75. The summed E-state index contributed by atoms with van der Waals surface area (Å²) in [6.45, 7) is 4.44. The number of piperidine rings is 1. The van der Waals surface area contributed by atoms with E-state index in [1.54, 1.807) is 4.90 Å². The molecule has 8 nitrogen and oxygen atoms in total. The van der Waals surface area contributed by atoms with E-state index in [4.69, 9.17) is 4.98 Å². The van der Waals surface area contributed by atoms with E-state index in [2.05, 4.69) is 22.8 Å². The zero-order valence-electron chi connectivity index (χ0n) is 18.6. The van der Waals surface area contributed by atoms with Crippen LogP contribution in [0.1, 0.15) is 63.6 Å². The summed E-state index contributed by atoms with van der Waals surface area (Å²) in [4.78, 5) is 42.3. The number of hydrogen-bond donors (Lipinski definition) is 3. The first-order valence-electron chi connectivity index (χ1n) is 11.3. The molecule has 2 aliphatic heterocycles. The lowest BCUT2D eigenvalue weighted by Crippen LogP contribution is -2.60. The number of anilines is 1. The Bertz CT molecular complexity index is 818. The molecular formula is C23H34N4O4. The molecule has 31 heavy (non-hydrogen) atoms. The average molecular weight is 431 g/mol. The maximum atomic E-state index is 12.6. The van der Waals surface area contributed by atoms with Crippen LogP contribution in [-0.2, 0) is 27.2 Å². The van der Waals surface area contributed by atoms with E-state index in [0.717, 1.165) is 50.2 Å². The third kappa shape index (κ3) is 6.03. The Kier molecular flexibility index (Phi) is 7.64. The summed E-state index contributed by atoms with van der Waals surface area (Å²) >= 11 is 0. The van der Waals surface area contributed by atoms with Crippen LogP contribution in [0.2, 0.25) is 0 Å². The van der Waals surface area contributed by atoms with Crippen molar-refractivity contribution in [1.82, 2.24) is 15.2 Å². The van der Waals surface area contributed by atoms with Gasteiger partial charge in [-0.3, -0.25) is 14.4 Å². The van der Waals surface area contributed by atoms with Crippen molar-refractivity contribution in [2.75, 3.05) is 25.0 Å². The Morgan fingerprint density at radius 2 is 1.97 bits per heavy atom. The van der Waals surface area contributed by atoms with Crippen LogP contribution in [0.3, 0.4) is 0 Å². The Morgan fingerprint density at radius 3 is 2.65 bits per heavy atom. The summed E-state index contributed by atoms with van der Waals surface area (Å²) in [6, 6.07) is 3.31. The van der Waals surface area contributed by atoms with Gasteiger partial charge in [0.1, 0.15) is 11.9 Å². The van der Waals surface area contributed by atoms with Crippen molar-refractivity contribution >= 4 is 23.4 Å². The second kappa shape index (κ2) is 10.2. The Morgan fingerprint density at radius 1 is 1.23 bits per heavy atom. The fraction of sp³-hybridized carbons (Fsp3) is 0.652. The second-order valence-corrected chi connectivity index (χ2v) is 8.78. The van der Waals surface area contributed by atoms with Crippen molar-refractivity contribution < 1.29 is 19.5 Å². The number of hydrogen-bond acceptors (Lipinski definition) is 6. The molecule has 0 saturated carbocycles. The van der Waals surface area contributed by atoms with Crippen LogP contribution in [0.4, 0.5) is 5.82 Å². The molecule has 1 aromatic heterocycles. The molecule has 1 fully saturated rings. The molecule has 2 amide bonds. The summed E-state index contributed by atoms with van der Waals surface area (Å²) in [5.74, 6) is 0.449. The molecule has 1 unspecified atom stereocenters. The minimum Gasteiger partial charge on any atom is -0.387 e. The van der Waals surface area contributed by atoms with Gasteiger partial charge in [0, 0.05) is 38.7 Å². The number of amides is 2. The zero-order chi connectivity index (χ0) is 22.4. The molecule has 170 valence electrons.